The van der Waals surface area contributed by atoms with Crippen molar-refractivity contribution in [2.24, 2.45) is 5.73 Å². The number of aliphatic hydroxyl groups excluding tert-OH is 1. The summed E-state index contributed by atoms with van der Waals surface area (Å²) in [6.45, 7) is 2.45. The van der Waals surface area contributed by atoms with Gasteiger partial charge in [-0.3, -0.25) is 4.98 Å². The van der Waals surface area contributed by atoms with Crippen molar-refractivity contribution in [3.8, 4) is 5.88 Å². The van der Waals surface area contributed by atoms with E-state index in [1.807, 2.05) is 12.1 Å². The molecule has 1 aliphatic rings. The molecule has 22 heavy (non-hydrogen) atoms. The monoisotopic (exact) mass is 302 g/mol. The minimum absolute atomic E-state index is 0.293. The molecule has 6 nitrogen and oxygen atoms in total. The van der Waals surface area contributed by atoms with Gasteiger partial charge in [0.2, 0.25) is 5.88 Å². The molecule has 1 aliphatic heterocycles. The summed E-state index contributed by atoms with van der Waals surface area (Å²) in [5.41, 5.74) is 8.17. The Kier molecular flexibility index (Phi) is 4.52. The van der Waals surface area contributed by atoms with Crippen molar-refractivity contribution < 1.29 is 9.84 Å². The number of ether oxygens (including phenoxy) is 1. The average Bonchev–Trinajstić information content (AvgIpc) is 2.55. The van der Waals surface area contributed by atoms with Crippen molar-refractivity contribution >= 4 is 11.0 Å². The quantitative estimate of drug-likeness (QED) is 0.879. The fourth-order valence-electron chi connectivity index (χ4n) is 2.89. The van der Waals surface area contributed by atoms with E-state index in [2.05, 4.69) is 14.9 Å². The molecule has 1 atom stereocenters. The van der Waals surface area contributed by atoms with Gasteiger partial charge in [-0.1, -0.05) is 0 Å². The number of rotatable bonds is 4. The lowest BCUT2D eigenvalue weighted by molar-refractivity contribution is 0.0984. The molecule has 0 aromatic carbocycles. The zero-order valence-corrected chi connectivity index (χ0v) is 12.8. The summed E-state index contributed by atoms with van der Waals surface area (Å²) in [5, 5.41) is 10.6. The van der Waals surface area contributed by atoms with Gasteiger partial charge >= 0.3 is 0 Å². The number of fused-ring (bicyclic) bond motifs is 1. The maximum atomic E-state index is 10.6. The predicted molar refractivity (Wildman–Crippen MR) is 84.7 cm³/mol. The summed E-state index contributed by atoms with van der Waals surface area (Å²) in [6.07, 6.45) is 3.08. The van der Waals surface area contributed by atoms with Gasteiger partial charge in [0.05, 0.1) is 24.2 Å². The number of hydrogen-bond donors (Lipinski definition) is 2. The van der Waals surface area contributed by atoms with E-state index in [1.165, 1.54) is 0 Å². The van der Waals surface area contributed by atoms with Gasteiger partial charge in [-0.05, 0) is 38.1 Å². The van der Waals surface area contributed by atoms with E-state index in [4.69, 9.17) is 10.5 Å². The van der Waals surface area contributed by atoms with Crippen LogP contribution >= 0.6 is 0 Å². The third kappa shape index (κ3) is 3.19. The third-order valence-electron chi connectivity index (χ3n) is 4.22. The van der Waals surface area contributed by atoms with Crippen molar-refractivity contribution in [3.05, 3.63) is 30.0 Å². The van der Waals surface area contributed by atoms with E-state index in [1.54, 1.807) is 19.4 Å². The fourth-order valence-corrected chi connectivity index (χ4v) is 2.89. The van der Waals surface area contributed by atoms with Gasteiger partial charge in [0, 0.05) is 30.4 Å². The summed E-state index contributed by atoms with van der Waals surface area (Å²) in [7, 11) is 1.58. The highest BCUT2D eigenvalue weighted by molar-refractivity contribution is 5.78. The first kappa shape index (κ1) is 15.1. The maximum Gasteiger partial charge on any atom is 0.213 e. The molecule has 2 aromatic rings. The smallest absolute Gasteiger partial charge is 0.213 e. The second kappa shape index (κ2) is 6.56. The number of aromatic nitrogens is 2. The lowest BCUT2D eigenvalue weighted by Crippen LogP contribution is -2.41. The molecule has 3 N–H and O–H groups in total. The molecule has 0 amide bonds. The van der Waals surface area contributed by atoms with Crippen LogP contribution in [0.3, 0.4) is 0 Å². The number of nitrogens with zero attached hydrogens (tertiary/aromatic N) is 3. The predicted octanol–water partition coefficient (Wildman–Crippen LogP) is 1.09. The highest BCUT2D eigenvalue weighted by Crippen LogP contribution is 2.24. The second-order valence-corrected chi connectivity index (χ2v) is 5.78. The summed E-state index contributed by atoms with van der Waals surface area (Å²) in [6, 6.07) is 5.75. The first-order valence-electron chi connectivity index (χ1n) is 7.63. The molecule has 0 unspecified atom stereocenters. The van der Waals surface area contributed by atoms with Crippen LogP contribution in [0.25, 0.3) is 11.0 Å². The van der Waals surface area contributed by atoms with Gasteiger partial charge in [0.25, 0.3) is 0 Å². The Morgan fingerprint density at radius 2 is 2.14 bits per heavy atom. The topological polar surface area (TPSA) is 84.5 Å². The van der Waals surface area contributed by atoms with Gasteiger partial charge in [-0.25, -0.2) is 4.98 Å². The van der Waals surface area contributed by atoms with Crippen molar-refractivity contribution in [1.82, 2.24) is 14.9 Å². The van der Waals surface area contributed by atoms with Crippen LogP contribution in [0.2, 0.25) is 0 Å². The Labute approximate surface area is 129 Å². The molecule has 6 heteroatoms. The molecule has 0 saturated carbocycles. The molecule has 1 fully saturated rings. The molecule has 2 aromatic heterocycles. The summed E-state index contributed by atoms with van der Waals surface area (Å²) >= 11 is 0. The first-order chi connectivity index (χ1) is 10.7. The van der Waals surface area contributed by atoms with E-state index in [0.717, 1.165) is 37.0 Å². The van der Waals surface area contributed by atoms with Crippen LogP contribution in [0.15, 0.2) is 24.4 Å². The summed E-state index contributed by atoms with van der Waals surface area (Å²) in [5.74, 6) is 0.526. The Morgan fingerprint density at radius 3 is 2.86 bits per heavy atom. The Hall–Kier alpha value is -1.76. The minimum Gasteiger partial charge on any atom is -0.481 e. The number of aliphatic hydroxyl groups is 1. The number of piperidine rings is 1. The van der Waals surface area contributed by atoms with E-state index < -0.39 is 6.10 Å². The Bertz CT molecular complexity index is 641. The molecule has 1 saturated heterocycles. The third-order valence-corrected chi connectivity index (χ3v) is 4.22. The van der Waals surface area contributed by atoms with Crippen LogP contribution in [0.5, 0.6) is 5.88 Å². The standard InChI is InChI=1S/C16H22N4O2/c1-22-15-3-2-13-16(19-15)12(4-7-18-13)14(21)10-20-8-5-11(17)6-9-20/h2-4,7,11,14,21H,5-6,8-10,17H2,1H3/t14-/m1/s1. The van der Waals surface area contributed by atoms with Crippen LogP contribution in [0.1, 0.15) is 24.5 Å². The number of methoxy groups -OCH3 is 1. The van der Waals surface area contributed by atoms with Crippen LogP contribution in [0.4, 0.5) is 0 Å². The largest absolute Gasteiger partial charge is 0.481 e. The van der Waals surface area contributed by atoms with Crippen LogP contribution in [-0.2, 0) is 0 Å². The van der Waals surface area contributed by atoms with Gasteiger partial charge in [-0.2, -0.15) is 0 Å². The van der Waals surface area contributed by atoms with E-state index in [0.29, 0.717) is 24.0 Å². The van der Waals surface area contributed by atoms with Crippen molar-refractivity contribution in [1.29, 1.82) is 0 Å². The van der Waals surface area contributed by atoms with Gasteiger partial charge in [0.1, 0.15) is 0 Å². The van der Waals surface area contributed by atoms with Crippen molar-refractivity contribution in [2.75, 3.05) is 26.7 Å². The fraction of sp³-hybridized carbons (Fsp3) is 0.500. The molecule has 3 rings (SSSR count). The molecular weight excluding hydrogens is 280 g/mol. The van der Waals surface area contributed by atoms with E-state index in [-0.39, 0.29) is 0 Å². The average molecular weight is 302 g/mol. The SMILES string of the molecule is COc1ccc2nccc([C@H](O)CN3CCC(N)CC3)c2n1. The molecule has 0 spiro atoms. The van der Waals surface area contributed by atoms with Gasteiger partial charge in [-0.15, -0.1) is 0 Å². The lowest BCUT2D eigenvalue weighted by atomic mass is 10.0. The zero-order chi connectivity index (χ0) is 15.5. The summed E-state index contributed by atoms with van der Waals surface area (Å²) in [4.78, 5) is 11.0. The molecule has 0 aliphatic carbocycles. The summed E-state index contributed by atoms with van der Waals surface area (Å²) < 4.78 is 5.17. The number of β-amino-alcohol motifs (C(OH)–C–C–N with tert-alkyl or cyclic N) is 1. The maximum absolute atomic E-state index is 10.6. The first-order valence-corrected chi connectivity index (χ1v) is 7.63. The highest BCUT2D eigenvalue weighted by Gasteiger charge is 2.21. The lowest BCUT2D eigenvalue weighted by Gasteiger charge is -2.31. The van der Waals surface area contributed by atoms with Crippen LogP contribution in [-0.4, -0.2) is 52.8 Å². The number of likely N-dealkylation sites (tertiary alicyclic amines) is 1. The number of hydrogen-bond acceptors (Lipinski definition) is 6. The van der Waals surface area contributed by atoms with E-state index >= 15 is 0 Å². The second-order valence-electron chi connectivity index (χ2n) is 5.78. The Balaban J connectivity index is 1.82. The minimum atomic E-state index is -0.598. The van der Waals surface area contributed by atoms with Gasteiger partial charge in [0.15, 0.2) is 0 Å². The molecule has 118 valence electrons. The van der Waals surface area contributed by atoms with Crippen molar-refractivity contribution in [2.45, 2.75) is 25.0 Å². The molecule has 3 heterocycles. The Morgan fingerprint density at radius 1 is 1.36 bits per heavy atom. The van der Waals surface area contributed by atoms with Crippen LogP contribution < -0.4 is 10.5 Å². The molecule has 0 radical (unpaired) electrons. The highest BCUT2D eigenvalue weighted by atomic mass is 16.5. The van der Waals surface area contributed by atoms with Crippen molar-refractivity contribution in [3.63, 3.8) is 0 Å². The molecule has 0 bridgehead atoms. The van der Waals surface area contributed by atoms with Gasteiger partial charge < -0.3 is 20.5 Å². The molecular formula is C16H22N4O2. The number of pyridine rings is 2. The normalized spacial score (nSPS) is 18.5. The van der Waals surface area contributed by atoms with E-state index in [9.17, 15) is 5.11 Å². The zero-order valence-electron chi connectivity index (χ0n) is 12.8. The number of nitrogens with two attached hydrogens (primary N) is 1. The van der Waals surface area contributed by atoms with Crippen LogP contribution in [0, 0.1) is 0 Å².